The van der Waals surface area contributed by atoms with Crippen LogP contribution in [0.2, 0.25) is 0 Å². The maximum Gasteiger partial charge on any atom is 0.279 e. The third-order valence-corrected chi connectivity index (χ3v) is 8.88. The van der Waals surface area contributed by atoms with Gasteiger partial charge in [0.1, 0.15) is 0 Å². The molecule has 1 aromatic heterocycles. The van der Waals surface area contributed by atoms with Crippen LogP contribution in [0.5, 0.6) is 0 Å². The van der Waals surface area contributed by atoms with Gasteiger partial charge in [0.15, 0.2) is 4.80 Å². The second-order valence-electron chi connectivity index (χ2n) is 7.64. The number of benzene rings is 2. The molecule has 3 aromatic rings. The Morgan fingerprint density at radius 3 is 2.53 bits per heavy atom. The third-order valence-electron chi connectivity index (χ3n) is 5.36. The molecule has 0 N–H and O–H groups in total. The summed E-state index contributed by atoms with van der Waals surface area (Å²) in [4.78, 5) is 18.1. The predicted octanol–water partition coefficient (Wildman–Crippen LogP) is 5.05. The number of nitrogens with zero attached hydrogens (tertiary/aromatic N) is 3. The molecule has 0 aliphatic heterocycles. The van der Waals surface area contributed by atoms with Gasteiger partial charge in [-0.2, -0.15) is 9.30 Å². The summed E-state index contributed by atoms with van der Waals surface area (Å²) in [6.45, 7) is 8.38. The first-order chi connectivity index (χ1) is 16.3. The maximum atomic E-state index is 13.0. The first-order valence-corrected chi connectivity index (χ1v) is 14.4. The average molecular weight is 569 g/mol. The first-order valence-electron chi connectivity index (χ1n) is 11.4. The van der Waals surface area contributed by atoms with Gasteiger partial charge in [0.05, 0.1) is 21.7 Å². The summed E-state index contributed by atoms with van der Waals surface area (Å²) < 4.78 is 36.8. The van der Waals surface area contributed by atoms with E-state index in [1.54, 1.807) is 0 Å². The minimum atomic E-state index is -3.59. The van der Waals surface area contributed by atoms with Gasteiger partial charge in [0.2, 0.25) is 10.0 Å². The topological polar surface area (TPSA) is 81.0 Å². The summed E-state index contributed by atoms with van der Waals surface area (Å²) in [5.41, 5.74) is 1.32. The fraction of sp³-hybridized carbons (Fsp3) is 0.417. The molecular formula is C24H30BrN3O4S2. The van der Waals surface area contributed by atoms with Crippen molar-refractivity contribution in [3.05, 3.63) is 57.3 Å². The molecule has 34 heavy (non-hydrogen) atoms. The van der Waals surface area contributed by atoms with Gasteiger partial charge in [-0.15, -0.1) is 0 Å². The molecule has 0 radical (unpaired) electrons. The van der Waals surface area contributed by atoms with Crippen molar-refractivity contribution in [1.29, 1.82) is 0 Å². The fourth-order valence-electron chi connectivity index (χ4n) is 3.50. The van der Waals surface area contributed by atoms with Crippen LogP contribution < -0.4 is 4.80 Å². The standard InChI is InChI=1S/C24H30BrN3O4S2/c1-4-7-14-27(5-2)34(30,31)20-11-8-18(9-12-20)23(29)26-24-28(15-16-32-6-3)21-13-10-19(25)17-22(21)33-24/h8-13,17H,4-7,14-16H2,1-3H3. The van der Waals surface area contributed by atoms with Gasteiger partial charge in [-0.3, -0.25) is 4.79 Å². The van der Waals surface area contributed by atoms with Crippen LogP contribution in [-0.2, 0) is 21.3 Å². The van der Waals surface area contributed by atoms with E-state index >= 15 is 0 Å². The van der Waals surface area contributed by atoms with E-state index in [0.717, 1.165) is 27.5 Å². The molecule has 0 atom stereocenters. The van der Waals surface area contributed by atoms with E-state index in [-0.39, 0.29) is 4.90 Å². The zero-order valence-electron chi connectivity index (χ0n) is 19.7. The number of fused-ring (bicyclic) bond motifs is 1. The monoisotopic (exact) mass is 567 g/mol. The SMILES string of the molecule is CCCCN(CC)S(=O)(=O)c1ccc(C(=O)N=c2sc3cc(Br)ccc3n2CCOCC)cc1. The van der Waals surface area contributed by atoms with Crippen LogP contribution in [0.4, 0.5) is 0 Å². The molecule has 3 rings (SSSR count). The highest BCUT2D eigenvalue weighted by Crippen LogP contribution is 2.23. The fourth-order valence-corrected chi connectivity index (χ4v) is 6.60. The molecule has 0 saturated carbocycles. The van der Waals surface area contributed by atoms with Gasteiger partial charge < -0.3 is 9.30 Å². The van der Waals surface area contributed by atoms with Gasteiger partial charge in [-0.1, -0.05) is 47.5 Å². The number of hydrogen-bond donors (Lipinski definition) is 0. The quantitative estimate of drug-likeness (QED) is 0.303. The Hall–Kier alpha value is -1.85. The van der Waals surface area contributed by atoms with Crippen LogP contribution in [0.15, 0.2) is 56.8 Å². The number of carbonyl (C=O) groups excluding carboxylic acids is 1. The number of ether oxygens (including phenoxy) is 1. The lowest BCUT2D eigenvalue weighted by Gasteiger charge is -2.20. The van der Waals surface area contributed by atoms with Crippen molar-refractivity contribution in [2.24, 2.45) is 4.99 Å². The third kappa shape index (κ3) is 6.23. The molecular weight excluding hydrogens is 538 g/mol. The van der Waals surface area contributed by atoms with Gasteiger partial charge in [-0.05, 0) is 55.8 Å². The van der Waals surface area contributed by atoms with Crippen LogP contribution >= 0.6 is 27.3 Å². The number of aromatic nitrogens is 1. The number of carbonyl (C=O) groups is 1. The lowest BCUT2D eigenvalue weighted by molar-refractivity contribution is 0.0996. The van der Waals surface area contributed by atoms with Gasteiger partial charge in [-0.25, -0.2) is 8.42 Å². The predicted molar refractivity (Wildman–Crippen MR) is 140 cm³/mol. The molecule has 0 fully saturated rings. The number of halogens is 1. The number of thiazole rings is 1. The highest BCUT2D eigenvalue weighted by Gasteiger charge is 2.22. The van der Waals surface area contributed by atoms with Crippen molar-refractivity contribution in [1.82, 2.24) is 8.87 Å². The second-order valence-corrected chi connectivity index (χ2v) is 11.5. The second kappa shape index (κ2) is 12.2. The van der Waals surface area contributed by atoms with E-state index in [1.165, 1.54) is 39.9 Å². The minimum Gasteiger partial charge on any atom is -0.380 e. The number of rotatable bonds is 11. The lowest BCUT2D eigenvalue weighted by Crippen LogP contribution is -2.31. The molecule has 0 unspecified atom stereocenters. The van der Waals surface area contributed by atoms with E-state index in [1.807, 2.05) is 43.5 Å². The Morgan fingerprint density at radius 1 is 1.15 bits per heavy atom. The molecule has 0 spiro atoms. The number of hydrogen-bond acceptors (Lipinski definition) is 5. The maximum absolute atomic E-state index is 13.0. The van der Waals surface area contributed by atoms with E-state index in [9.17, 15) is 13.2 Å². The molecule has 1 amide bonds. The molecule has 0 aliphatic carbocycles. The summed E-state index contributed by atoms with van der Waals surface area (Å²) in [6.07, 6.45) is 1.72. The summed E-state index contributed by atoms with van der Waals surface area (Å²) in [6, 6.07) is 12.0. The summed E-state index contributed by atoms with van der Waals surface area (Å²) in [5.74, 6) is -0.418. The minimum absolute atomic E-state index is 0.181. The van der Waals surface area contributed by atoms with E-state index in [0.29, 0.717) is 43.2 Å². The molecule has 10 heteroatoms. The summed E-state index contributed by atoms with van der Waals surface area (Å²) in [5, 5.41) is 0. The number of amides is 1. The zero-order valence-corrected chi connectivity index (χ0v) is 22.9. The first kappa shape index (κ1) is 26.7. The van der Waals surface area contributed by atoms with Crippen LogP contribution in [0.1, 0.15) is 44.0 Å². The Balaban J connectivity index is 1.92. The van der Waals surface area contributed by atoms with Crippen molar-refractivity contribution < 1.29 is 17.9 Å². The van der Waals surface area contributed by atoms with Gasteiger partial charge in [0, 0.05) is 36.3 Å². The Kier molecular flexibility index (Phi) is 9.61. The Morgan fingerprint density at radius 2 is 1.88 bits per heavy atom. The molecule has 2 aromatic carbocycles. The summed E-state index contributed by atoms with van der Waals surface area (Å²) >= 11 is 4.92. The highest BCUT2D eigenvalue weighted by molar-refractivity contribution is 9.10. The van der Waals surface area contributed by atoms with Crippen molar-refractivity contribution in [3.63, 3.8) is 0 Å². The van der Waals surface area contributed by atoms with Crippen LogP contribution in [0.3, 0.4) is 0 Å². The molecule has 0 saturated heterocycles. The van der Waals surface area contributed by atoms with Crippen LogP contribution in [-0.4, -0.2) is 49.5 Å². The lowest BCUT2D eigenvalue weighted by atomic mass is 10.2. The van der Waals surface area contributed by atoms with Crippen molar-refractivity contribution in [3.8, 4) is 0 Å². The summed E-state index contributed by atoms with van der Waals surface area (Å²) in [7, 11) is -3.59. The molecule has 7 nitrogen and oxygen atoms in total. The largest absolute Gasteiger partial charge is 0.380 e. The van der Waals surface area contributed by atoms with Crippen LogP contribution in [0, 0.1) is 0 Å². The van der Waals surface area contributed by atoms with Crippen molar-refractivity contribution in [2.75, 3.05) is 26.3 Å². The Labute approximate surface area is 213 Å². The smallest absolute Gasteiger partial charge is 0.279 e. The van der Waals surface area contributed by atoms with E-state index in [2.05, 4.69) is 20.9 Å². The van der Waals surface area contributed by atoms with E-state index < -0.39 is 15.9 Å². The normalized spacial score (nSPS) is 12.7. The number of sulfonamides is 1. The Bertz CT molecular complexity index is 1300. The molecule has 0 aliphatic rings. The zero-order chi connectivity index (χ0) is 24.7. The number of unbranched alkanes of at least 4 members (excludes halogenated alkanes) is 1. The van der Waals surface area contributed by atoms with Gasteiger partial charge in [0.25, 0.3) is 5.91 Å². The highest BCUT2D eigenvalue weighted by atomic mass is 79.9. The molecule has 0 bridgehead atoms. The van der Waals surface area contributed by atoms with E-state index in [4.69, 9.17) is 4.74 Å². The van der Waals surface area contributed by atoms with Crippen LogP contribution in [0.25, 0.3) is 10.2 Å². The van der Waals surface area contributed by atoms with Gasteiger partial charge >= 0.3 is 0 Å². The molecule has 1 heterocycles. The van der Waals surface area contributed by atoms with Crippen molar-refractivity contribution >= 4 is 53.4 Å². The average Bonchev–Trinajstić information content (AvgIpc) is 3.15. The van der Waals surface area contributed by atoms with Crippen molar-refractivity contribution in [2.45, 2.75) is 45.1 Å². The molecule has 184 valence electrons.